The number of halogens is 1. The van der Waals surface area contributed by atoms with Crippen molar-refractivity contribution in [2.45, 2.75) is 17.3 Å². The van der Waals surface area contributed by atoms with E-state index in [1.165, 1.54) is 0 Å². The van der Waals surface area contributed by atoms with E-state index in [0.29, 0.717) is 5.82 Å². The second-order valence-electron chi connectivity index (χ2n) is 9.46. The van der Waals surface area contributed by atoms with E-state index in [0.717, 1.165) is 38.9 Å². The molecule has 0 amide bonds. The number of aromatic nitrogens is 4. The summed E-state index contributed by atoms with van der Waals surface area (Å²) in [6, 6.07) is 48.0. The molecule has 0 aliphatic heterocycles. The van der Waals surface area contributed by atoms with Crippen molar-refractivity contribution in [3.63, 3.8) is 0 Å². The average molecular weight is 572 g/mol. The van der Waals surface area contributed by atoms with Crippen molar-refractivity contribution in [3.8, 4) is 22.5 Å². The van der Waals surface area contributed by atoms with E-state index >= 15 is 0 Å². The predicted octanol–water partition coefficient (Wildman–Crippen LogP) is 8.30. The van der Waals surface area contributed by atoms with E-state index in [-0.39, 0.29) is 4.83 Å². The van der Waals surface area contributed by atoms with Gasteiger partial charge in [0.25, 0.3) is 0 Å². The molecular formula is C34H27BrN4. The van der Waals surface area contributed by atoms with Crippen molar-refractivity contribution in [1.82, 2.24) is 20.2 Å². The van der Waals surface area contributed by atoms with Crippen LogP contribution >= 0.6 is 15.9 Å². The molecule has 1 atom stereocenters. The molecule has 6 rings (SSSR count). The molecule has 4 nitrogen and oxygen atoms in total. The maximum absolute atomic E-state index is 5.18. The molecule has 0 aliphatic rings. The van der Waals surface area contributed by atoms with Gasteiger partial charge in [-0.3, -0.25) is 0 Å². The molecule has 0 fully saturated rings. The molecule has 0 aliphatic carbocycles. The van der Waals surface area contributed by atoms with E-state index in [1.54, 1.807) is 4.80 Å². The molecule has 190 valence electrons. The summed E-state index contributed by atoms with van der Waals surface area (Å²) in [5.41, 5.74) is 6.60. The fourth-order valence-electron chi connectivity index (χ4n) is 5.35. The van der Waals surface area contributed by atoms with Gasteiger partial charge in [-0.1, -0.05) is 155 Å². The summed E-state index contributed by atoms with van der Waals surface area (Å²) < 4.78 is 0. The van der Waals surface area contributed by atoms with Crippen LogP contribution in [0.5, 0.6) is 0 Å². The van der Waals surface area contributed by atoms with Gasteiger partial charge in [-0.15, -0.1) is 15.0 Å². The molecule has 5 heteroatoms. The zero-order valence-electron chi connectivity index (χ0n) is 21.5. The molecule has 0 saturated carbocycles. The lowest BCUT2D eigenvalue weighted by Crippen LogP contribution is -2.39. The molecule has 0 N–H and O–H groups in total. The van der Waals surface area contributed by atoms with Crippen LogP contribution in [0, 0.1) is 0 Å². The van der Waals surface area contributed by atoms with Gasteiger partial charge in [-0.25, -0.2) is 0 Å². The van der Waals surface area contributed by atoms with Gasteiger partial charge >= 0.3 is 0 Å². The second-order valence-corrected chi connectivity index (χ2v) is 10.8. The molecule has 0 bridgehead atoms. The fourth-order valence-corrected chi connectivity index (χ4v) is 5.73. The number of hydrogen-bond acceptors (Lipinski definition) is 3. The van der Waals surface area contributed by atoms with Crippen molar-refractivity contribution in [2.24, 2.45) is 0 Å². The number of alkyl halides is 1. The minimum Gasteiger partial charge on any atom is -0.144 e. The summed E-state index contributed by atoms with van der Waals surface area (Å²) in [6.07, 6.45) is 0. The maximum atomic E-state index is 5.18. The zero-order chi connectivity index (χ0) is 26.7. The minimum absolute atomic E-state index is 0.102. The summed E-state index contributed by atoms with van der Waals surface area (Å²) in [7, 11) is 0. The van der Waals surface area contributed by atoms with Crippen LogP contribution in [0.2, 0.25) is 0 Å². The highest BCUT2D eigenvalue weighted by Crippen LogP contribution is 2.42. The van der Waals surface area contributed by atoms with Crippen LogP contribution < -0.4 is 0 Å². The standard InChI is InChI=1S/C34H27BrN4/c1-25(35)30-23-14-24-31(26-15-6-2-7-16-26)32(30)33-36-38-39(37-33)34(27-17-8-3-9-18-27,28-19-10-4-11-20-28)29-21-12-5-13-22-29/h2-25H,1H3. The highest BCUT2D eigenvalue weighted by Gasteiger charge is 2.41. The lowest BCUT2D eigenvalue weighted by Gasteiger charge is -2.34. The molecule has 0 saturated heterocycles. The first-order valence-corrected chi connectivity index (χ1v) is 13.9. The maximum Gasteiger partial charge on any atom is 0.205 e. The number of rotatable bonds is 7. The van der Waals surface area contributed by atoms with Gasteiger partial charge in [-0.05, 0) is 45.5 Å². The first kappa shape index (κ1) is 25.0. The molecule has 5 aromatic carbocycles. The molecule has 1 aromatic heterocycles. The Bertz CT molecular complexity index is 1570. The molecule has 1 heterocycles. The second kappa shape index (κ2) is 10.8. The van der Waals surface area contributed by atoms with Crippen molar-refractivity contribution in [2.75, 3.05) is 0 Å². The average Bonchev–Trinajstić information content (AvgIpc) is 3.49. The largest absolute Gasteiger partial charge is 0.205 e. The van der Waals surface area contributed by atoms with Crippen LogP contribution in [-0.4, -0.2) is 20.2 Å². The van der Waals surface area contributed by atoms with Gasteiger partial charge in [0.15, 0.2) is 5.54 Å². The van der Waals surface area contributed by atoms with E-state index in [1.807, 2.05) is 24.3 Å². The Hall–Kier alpha value is -4.35. The SMILES string of the molecule is CC(Br)c1cccc(-c2ccccc2)c1-c1nnn(C(c2ccccc2)(c2ccccc2)c2ccccc2)n1. The minimum atomic E-state index is -0.823. The smallest absolute Gasteiger partial charge is 0.144 e. The van der Waals surface area contributed by atoms with E-state index in [4.69, 9.17) is 15.4 Å². The van der Waals surface area contributed by atoms with E-state index in [2.05, 4.69) is 138 Å². The van der Waals surface area contributed by atoms with Gasteiger partial charge in [0.1, 0.15) is 0 Å². The Morgan fingerprint density at radius 2 is 1.10 bits per heavy atom. The molecular weight excluding hydrogens is 544 g/mol. The summed E-state index contributed by atoms with van der Waals surface area (Å²) in [5.74, 6) is 0.586. The number of tetrazole rings is 1. The topological polar surface area (TPSA) is 43.6 Å². The van der Waals surface area contributed by atoms with Gasteiger partial charge in [0.05, 0.1) is 0 Å². The van der Waals surface area contributed by atoms with Gasteiger partial charge < -0.3 is 0 Å². The third-order valence-electron chi connectivity index (χ3n) is 7.12. The molecule has 6 aromatic rings. The number of benzene rings is 5. The molecule has 0 radical (unpaired) electrons. The van der Waals surface area contributed by atoms with Crippen molar-refractivity contribution >= 4 is 15.9 Å². The van der Waals surface area contributed by atoms with Crippen LogP contribution in [0.1, 0.15) is 34.0 Å². The first-order valence-electron chi connectivity index (χ1n) is 13.0. The Morgan fingerprint density at radius 1 is 0.615 bits per heavy atom. The Kier molecular flexibility index (Phi) is 6.91. The first-order chi connectivity index (χ1) is 19.2. The molecule has 39 heavy (non-hydrogen) atoms. The lowest BCUT2D eigenvalue weighted by atomic mass is 9.77. The highest BCUT2D eigenvalue weighted by molar-refractivity contribution is 9.09. The summed E-state index contributed by atoms with van der Waals surface area (Å²) in [5, 5.41) is 14.7. The third kappa shape index (κ3) is 4.49. The molecule has 1 unspecified atom stereocenters. The van der Waals surface area contributed by atoms with Crippen LogP contribution in [0.3, 0.4) is 0 Å². The van der Waals surface area contributed by atoms with Crippen LogP contribution in [0.15, 0.2) is 140 Å². The number of hydrogen-bond donors (Lipinski definition) is 0. The normalized spacial score (nSPS) is 12.3. The summed E-state index contributed by atoms with van der Waals surface area (Å²) in [6.45, 7) is 2.13. The van der Waals surface area contributed by atoms with E-state index in [9.17, 15) is 0 Å². The van der Waals surface area contributed by atoms with Crippen LogP contribution in [0.25, 0.3) is 22.5 Å². The Balaban J connectivity index is 1.65. The predicted molar refractivity (Wildman–Crippen MR) is 161 cm³/mol. The lowest BCUT2D eigenvalue weighted by molar-refractivity contribution is 0.396. The van der Waals surface area contributed by atoms with Gasteiger partial charge in [-0.2, -0.15) is 0 Å². The highest BCUT2D eigenvalue weighted by atomic mass is 79.9. The van der Waals surface area contributed by atoms with Crippen molar-refractivity contribution in [1.29, 1.82) is 0 Å². The van der Waals surface area contributed by atoms with Gasteiger partial charge in [0.2, 0.25) is 5.82 Å². The van der Waals surface area contributed by atoms with Crippen LogP contribution in [0.4, 0.5) is 0 Å². The van der Waals surface area contributed by atoms with Crippen LogP contribution in [-0.2, 0) is 5.54 Å². The Morgan fingerprint density at radius 3 is 1.59 bits per heavy atom. The Labute approximate surface area is 237 Å². The zero-order valence-corrected chi connectivity index (χ0v) is 23.1. The monoisotopic (exact) mass is 570 g/mol. The third-order valence-corrected chi connectivity index (χ3v) is 7.62. The van der Waals surface area contributed by atoms with E-state index < -0.39 is 5.54 Å². The fraction of sp³-hybridized carbons (Fsp3) is 0.0882. The summed E-state index contributed by atoms with van der Waals surface area (Å²) >= 11 is 3.81. The number of nitrogens with zero attached hydrogens (tertiary/aromatic N) is 4. The summed E-state index contributed by atoms with van der Waals surface area (Å²) in [4.78, 5) is 1.89. The van der Waals surface area contributed by atoms with Gasteiger partial charge in [0, 0.05) is 10.4 Å². The van der Waals surface area contributed by atoms with Crippen molar-refractivity contribution in [3.05, 3.63) is 162 Å². The molecule has 0 spiro atoms. The quantitative estimate of drug-likeness (QED) is 0.143. The van der Waals surface area contributed by atoms with Crippen molar-refractivity contribution < 1.29 is 0 Å².